The summed E-state index contributed by atoms with van der Waals surface area (Å²) in [5.74, 6) is 4.55. The van der Waals surface area contributed by atoms with Crippen molar-refractivity contribution in [3.8, 4) is 0 Å². The van der Waals surface area contributed by atoms with Crippen LogP contribution in [0.3, 0.4) is 0 Å². The fourth-order valence-corrected chi connectivity index (χ4v) is 4.50. The number of thioether (sulfide) groups is 1. The van der Waals surface area contributed by atoms with E-state index in [2.05, 4.69) is 23.6 Å². The van der Waals surface area contributed by atoms with Crippen molar-refractivity contribution in [1.29, 1.82) is 0 Å². The molecule has 0 aromatic rings. The van der Waals surface area contributed by atoms with Gasteiger partial charge in [-0.25, -0.2) is 0 Å². The molecular weight excluding hydrogens is 240 g/mol. The van der Waals surface area contributed by atoms with E-state index in [1.165, 1.54) is 63.1 Å². The molecule has 1 heterocycles. The Balaban J connectivity index is 1.80. The predicted molar refractivity (Wildman–Crippen MR) is 82.1 cm³/mol. The van der Waals surface area contributed by atoms with E-state index >= 15 is 0 Å². The highest BCUT2D eigenvalue weighted by molar-refractivity contribution is 7.99. The normalized spacial score (nSPS) is 31.0. The van der Waals surface area contributed by atoms with Gasteiger partial charge in [0.1, 0.15) is 0 Å². The monoisotopic (exact) mass is 270 g/mol. The molecule has 2 aliphatic rings. The fourth-order valence-electron chi connectivity index (χ4n) is 3.77. The Morgan fingerprint density at radius 1 is 1.22 bits per heavy atom. The quantitative estimate of drug-likeness (QED) is 0.752. The van der Waals surface area contributed by atoms with E-state index in [0.29, 0.717) is 6.04 Å². The van der Waals surface area contributed by atoms with E-state index in [4.69, 9.17) is 5.73 Å². The van der Waals surface area contributed by atoms with Crippen molar-refractivity contribution >= 4 is 11.8 Å². The third-order valence-corrected chi connectivity index (χ3v) is 5.84. The molecule has 0 spiro atoms. The molecule has 1 aliphatic heterocycles. The highest BCUT2D eigenvalue weighted by atomic mass is 32.2. The summed E-state index contributed by atoms with van der Waals surface area (Å²) in [5, 5.41) is 0. The van der Waals surface area contributed by atoms with E-state index in [1.807, 2.05) is 0 Å². The van der Waals surface area contributed by atoms with Crippen molar-refractivity contribution in [2.75, 3.05) is 31.1 Å². The number of nitrogens with two attached hydrogens (primary N) is 1. The Morgan fingerprint density at radius 3 is 2.72 bits per heavy atom. The minimum absolute atomic E-state index is 0.645. The third-order valence-electron chi connectivity index (χ3n) is 4.91. The van der Waals surface area contributed by atoms with Gasteiger partial charge >= 0.3 is 0 Å². The first-order valence-electron chi connectivity index (χ1n) is 7.87. The zero-order valence-electron chi connectivity index (χ0n) is 11.9. The molecule has 0 radical (unpaired) electrons. The van der Waals surface area contributed by atoms with Gasteiger partial charge in [0.15, 0.2) is 0 Å². The van der Waals surface area contributed by atoms with Gasteiger partial charge in [0.25, 0.3) is 0 Å². The number of likely N-dealkylation sites (tertiary alicyclic amines) is 1. The lowest BCUT2D eigenvalue weighted by atomic mass is 9.75. The standard InChI is InChI=1S/C15H30N2S/c1-2-18-10-8-15(11-16)17-9-7-13-5-3-4-6-14(13)12-17/h13-15H,2-12,16H2,1H3. The van der Waals surface area contributed by atoms with E-state index in [-0.39, 0.29) is 0 Å². The number of piperidine rings is 1. The Labute approximate surface area is 117 Å². The summed E-state index contributed by atoms with van der Waals surface area (Å²) in [7, 11) is 0. The van der Waals surface area contributed by atoms with Gasteiger partial charge in [0.2, 0.25) is 0 Å². The number of nitrogens with zero attached hydrogens (tertiary/aromatic N) is 1. The van der Waals surface area contributed by atoms with Crippen LogP contribution in [0.25, 0.3) is 0 Å². The van der Waals surface area contributed by atoms with E-state index in [1.54, 1.807) is 0 Å². The van der Waals surface area contributed by atoms with Crippen LogP contribution in [0.1, 0.15) is 45.4 Å². The average molecular weight is 270 g/mol. The second-order valence-corrected chi connectivity index (χ2v) is 7.36. The lowest BCUT2D eigenvalue weighted by Gasteiger charge is -2.44. The molecule has 0 amide bonds. The maximum Gasteiger partial charge on any atom is 0.0226 e. The number of hydrogen-bond acceptors (Lipinski definition) is 3. The van der Waals surface area contributed by atoms with Crippen LogP contribution in [0.4, 0.5) is 0 Å². The van der Waals surface area contributed by atoms with Gasteiger partial charge in [-0.1, -0.05) is 26.2 Å². The van der Waals surface area contributed by atoms with Crippen LogP contribution in [0.2, 0.25) is 0 Å². The lowest BCUT2D eigenvalue weighted by Crippen LogP contribution is -2.49. The van der Waals surface area contributed by atoms with Crippen LogP contribution in [-0.4, -0.2) is 42.1 Å². The Bertz CT molecular complexity index is 235. The first-order chi connectivity index (χ1) is 8.85. The summed E-state index contributed by atoms with van der Waals surface area (Å²) in [5.41, 5.74) is 6.00. The van der Waals surface area contributed by atoms with Gasteiger partial charge in [0.05, 0.1) is 0 Å². The zero-order valence-corrected chi connectivity index (χ0v) is 12.8. The summed E-state index contributed by atoms with van der Waals surface area (Å²) in [6.45, 7) is 5.74. The van der Waals surface area contributed by atoms with Crippen LogP contribution in [0.15, 0.2) is 0 Å². The van der Waals surface area contributed by atoms with Crippen molar-refractivity contribution in [3.05, 3.63) is 0 Å². The maximum absolute atomic E-state index is 6.00. The van der Waals surface area contributed by atoms with Crippen molar-refractivity contribution in [1.82, 2.24) is 4.90 Å². The Hall–Kier alpha value is 0.270. The highest BCUT2D eigenvalue weighted by Gasteiger charge is 2.33. The Kier molecular flexibility index (Phi) is 6.33. The molecule has 2 rings (SSSR count). The molecule has 0 aromatic carbocycles. The summed E-state index contributed by atoms with van der Waals surface area (Å²) in [6, 6.07) is 0.645. The smallest absolute Gasteiger partial charge is 0.0226 e. The van der Waals surface area contributed by atoms with Gasteiger partial charge in [-0.3, -0.25) is 4.90 Å². The molecule has 18 heavy (non-hydrogen) atoms. The van der Waals surface area contributed by atoms with Crippen LogP contribution < -0.4 is 5.73 Å². The van der Waals surface area contributed by atoms with Gasteiger partial charge in [-0.05, 0) is 49.1 Å². The maximum atomic E-state index is 6.00. The molecule has 1 saturated heterocycles. The van der Waals surface area contributed by atoms with Crippen molar-refractivity contribution in [2.24, 2.45) is 17.6 Å². The van der Waals surface area contributed by atoms with E-state index in [0.717, 1.165) is 18.4 Å². The van der Waals surface area contributed by atoms with Crippen LogP contribution >= 0.6 is 11.8 Å². The molecular formula is C15H30N2S. The summed E-state index contributed by atoms with van der Waals surface area (Å²) >= 11 is 2.06. The molecule has 2 nitrogen and oxygen atoms in total. The fraction of sp³-hybridized carbons (Fsp3) is 1.00. The molecule has 3 unspecified atom stereocenters. The molecule has 0 bridgehead atoms. The molecule has 1 saturated carbocycles. The molecule has 3 atom stereocenters. The summed E-state index contributed by atoms with van der Waals surface area (Å²) < 4.78 is 0. The van der Waals surface area contributed by atoms with Crippen molar-refractivity contribution in [3.63, 3.8) is 0 Å². The average Bonchev–Trinajstić information content (AvgIpc) is 2.43. The molecule has 2 fully saturated rings. The van der Waals surface area contributed by atoms with Crippen LogP contribution in [0, 0.1) is 11.8 Å². The molecule has 1 aliphatic carbocycles. The second kappa shape index (κ2) is 7.76. The first kappa shape index (κ1) is 14.7. The summed E-state index contributed by atoms with van der Waals surface area (Å²) in [4.78, 5) is 2.71. The third kappa shape index (κ3) is 3.88. The van der Waals surface area contributed by atoms with E-state index < -0.39 is 0 Å². The van der Waals surface area contributed by atoms with Gasteiger partial charge < -0.3 is 5.73 Å². The largest absolute Gasteiger partial charge is 0.329 e. The molecule has 2 N–H and O–H groups in total. The highest BCUT2D eigenvalue weighted by Crippen LogP contribution is 2.36. The predicted octanol–water partition coefficient (Wildman–Crippen LogP) is 2.97. The van der Waals surface area contributed by atoms with Gasteiger partial charge in [0, 0.05) is 19.1 Å². The number of hydrogen-bond donors (Lipinski definition) is 1. The number of rotatable bonds is 6. The van der Waals surface area contributed by atoms with Crippen molar-refractivity contribution < 1.29 is 0 Å². The minimum atomic E-state index is 0.645. The van der Waals surface area contributed by atoms with E-state index in [9.17, 15) is 0 Å². The summed E-state index contributed by atoms with van der Waals surface area (Å²) in [6.07, 6.45) is 8.64. The lowest BCUT2D eigenvalue weighted by molar-refractivity contribution is 0.0581. The topological polar surface area (TPSA) is 29.3 Å². The number of fused-ring (bicyclic) bond motifs is 1. The van der Waals surface area contributed by atoms with Crippen molar-refractivity contribution in [2.45, 2.75) is 51.5 Å². The molecule has 0 aromatic heterocycles. The first-order valence-corrected chi connectivity index (χ1v) is 9.02. The zero-order chi connectivity index (χ0) is 12.8. The second-order valence-electron chi connectivity index (χ2n) is 5.96. The van der Waals surface area contributed by atoms with Gasteiger partial charge in [-0.2, -0.15) is 11.8 Å². The minimum Gasteiger partial charge on any atom is -0.329 e. The van der Waals surface area contributed by atoms with Gasteiger partial charge in [-0.15, -0.1) is 0 Å². The Morgan fingerprint density at radius 2 is 2.00 bits per heavy atom. The SMILES string of the molecule is CCSCCC(CN)N1CCC2CCCCC2C1. The molecule has 3 heteroatoms. The van der Waals surface area contributed by atoms with Crippen LogP contribution in [0.5, 0.6) is 0 Å². The van der Waals surface area contributed by atoms with Crippen LogP contribution in [-0.2, 0) is 0 Å². The molecule has 106 valence electrons.